The van der Waals surface area contributed by atoms with Crippen LogP contribution >= 0.6 is 0 Å². The number of nitrogens with zero attached hydrogens (tertiary/aromatic N) is 1. The van der Waals surface area contributed by atoms with E-state index in [1.54, 1.807) is 0 Å². The number of nitrogens with one attached hydrogen (secondary N) is 1. The Balaban J connectivity index is 1.84. The van der Waals surface area contributed by atoms with Crippen molar-refractivity contribution in [3.63, 3.8) is 0 Å². The number of hydrogen-bond donors (Lipinski definition) is 1. The average Bonchev–Trinajstić information content (AvgIpc) is 3.22. The molecule has 1 aliphatic heterocycles. The van der Waals surface area contributed by atoms with Crippen molar-refractivity contribution in [2.75, 3.05) is 13.1 Å². The molecule has 0 spiro atoms. The zero-order chi connectivity index (χ0) is 20.4. The highest BCUT2D eigenvalue weighted by Crippen LogP contribution is 2.26. The second kappa shape index (κ2) is 8.32. The highest BCUT2D eigenvalue weighted by Gasteiger charge is 2.28. The lowest BCUT2D eigenvalue weighted by Gasteiger charge is -2.23. The molecular weight excluding hydrogens is 396 g/mol. The number of sulfonamides is 2. The van der Waals surface area contributed by atoms with E-state index in [-0.39, 0.29) is 21.8 Å². The quantitative estimate of drug-likeness (QED) is 0.743. The van der Waals surface area contributed by atoms with Crippen molar-refractivity contribution >= 4 is 20.0 Å². The van der Waals surface area contributed by atoms with Gasteiger partial charge in [0.1, 0.15) is 0 Å². The van der Waals surface area contributed by atoms with Crippen molar-refractivity contribution in [3.8, 4) is 0 Å². The molecule has 1 atom stereocenters. The maximum atomic E-state index is 12.9. The lowest BCUT2D eigenvalue weighted by atomic mass is 9.97. The Kier molecular flexibility index (Phi) is 6.24. The summed E-state index contributed by atoms with van der Waals surface area (Å²) >= 11 is 0. The molecular formula is C20H26N2O4S2. The first-order valence-electron chi connectivity index (χ1n) is 9.39. The van der Waals surface area contributed by atoms with Gasteiger partial charge >= 0.3 is 0 Å². The smallest absolute Gasteiger partial charge is 0.207 e. The van der Waals surface area contributed by atoms with Crippen molar-refractivity contribution in [1.29, 1.82) is 0 Å². The summed E-state index contributed by atoms with van der Waals surface area (Å²) in [6.45, 7) is 4.92. The fourth-order valence-corrected chi connectivity index (χ4v) is 6.24. The van der Waals surface area contributed by atoms with Gasteiger partial charge in [0, 0.05) is 19.1 Å². The van der Waals surface area contributed by atoms with E-state index in [1.807, 2.05) is 44.2 Å². The van der Waals surface area contributed by atoms with E-state index in [2.05, 4.69) is 4.72 Å². The highest BCUT2D eigenvalue weighted by molar-refractivity contribution is 7.89. The van der Waals surface area contributed by atoms with Gasteiger partial charge in [-0.05, 0) is 48.6 Å². The molecule has 0 bridgehead atoms. The van der Waals surface area contributed by atoms with Crippen molar-refractivity contribution in [2.24, 2.45) is 5.92 Å². The van der Waals surface area contributed by atoms with Gasteiger partial charge < -0.3 is 0 Å². The van der Waals surface area contributed by atoms with E-state index in [4.69, 9.17) is 0 Å². The molecule has 28 heavy (non-hydrogen) atoms. The lowest BCUT2D eigenvalue weighted by Crippen LogP contribution is -2.32. The summed E-state index contributed by atoms with van der Waals surface area (Å²) in [6.07, 6.45) is 1.71. The van der Waals surface area contributed by atoms with Gasteiger partial charge in [0.25, 0.3) is 0 Å². The van der Waals surface area contributed by atoms with E-state index >= 15 is 0 Å². The Morgan fingerprint density at radius 3 is 1.89 bits per heavy atom. The fourth-order valence-electron chi connectivity index (χ4n) is 3.35. The lowest BCUT2D eigenvalue weighted by molar-refractivity contribution is 0.463. The van der Waals surface area contributed by atoms with E-state index < -0.39 is 20.0 Å². The van der Waals surface area contributed by atoms with Crippen LogP contribution in [0.5, 0.6) is 0 Å². The third-order valence-electron chi connectivity index (χ3n) is 4.94. The summed E-state index contributed by atoms with van der Waals surface area (Å²) in [6, 6.07) is 14.5. The molecule has 0 radical (unpaired) electrons. The van der Waals surface area contributed by atoms with Crippen molar-refractivity contribution in [2.45, 2.75) is 42.5 Å². The summed E-state index contributed by atoms with van der Waals surface area (Å²) in [5.41, 5.74) is 0.884. The highest BCUT2D eigenvalue weighted by atomic mass is 32.2. The normalized spacial score (nSPS) is 17.1. The summed E-state index contributed by atoms with van der Waals surface area (Å²) in [7, 11) is -7.35. The van der Waals surface area contributed by atoms with Gasteiger partial charge in [-0.2, -0.15) is 4.31 Å². The van der Waals surface area contributed by atoms with Crippen LogP contribution < -0.4 is 4.72 Å². The second-order valence-corrected chi connectivity index (χ2v) is 11.0. The molecule has 1 fully saturated rings. The Morgan fingerprint density at radius 1 is 0.821 bits per heavy atom. The van der Waals surface area contributed by atoms with Gasteiger partial charge in [-0.25, -0.2) is 21.6 Å². The van der Waals surface area contributed by atoms with Crippen molar-refractivity contribution in [1.82, 2.24) is 9.03 Å². The third-order valence-corrected chi connectivity index (χ3v) is 8.31. The average molecular weight is 423 g/mol. The van der Waals surface area contributed by atoms with Crippen LogP contribution in [0.25, 0.3) is 0 Å². The zero-order valence-electron chi connectivity index (χ0n) is 16.1. The van der Waals surface area contributed by atoms with E-state index in [9.17, 15) is 16.8 Å². The van der Waals surface area contributed by atoms with E-state index in [0.717, 1.165) is 18.4 Å². The Bertz CT molecular complexity index is 996. The standard InChI is InChI=1S/C20H26N2O4S2/c1-16(2)20(17-8-4-3-5-9-17)21-27(23,24)18-10-12-19(13-11-18)28(25,26)22-14-6-7-15-22/h3-5,8-13,16,20-21H,6-7,14-15H2,1-2H3. The molecule has 1 saturated heterocycles. The molecule has 6 nitrogen and oxygen atoms in total. The second-order valence-electron chi connectivity index (χ2n) is 7.34. The van der Waals surface area contributed by atoms with Gasteiger partial charge in [0.15, 0.2) is 0 Å². The minimum absolute atomic E-state index is 0.0481. The topological polar surface area (TPSA) is 83.5 Å². The zero-order valence-corrected chi connectivity index (χ0v) is 17.7. The first kappa shape index (κ1) is 21.0. The molecule has 0 amide bonds. The Hall–Kier alpha value is -1.74. The summed E-state index contributed by atoms with van der Waals surface area (Å²) in [5.74, 6) is 0.0481. The molecule has 1 N–H and O–H groups in total. The summed E-state index contributed by atoms with van der Waals surface area (Å²) in [4.78, 5) is 0.172. The van der Waals surface area contributed by atoms with Gasteiger partial charge in [-0.1, -0.05) is 44.2 Å². The van der Waals surface area contributed by atoms with Crippen LogP contribution in [-0.4, -0.2) is 34.2 Å². The number of rotatable bonds is 7. The number of hydrogen-bond acceptors (Lipinski definition) is 4. The Morgan fingerprint density at radius 2 is 1.36 bits per heavy atom. The van der Waals surface area contributed by atoms with Gasteiger partial charge in [0.2, 0.25) is 20.0 Å². The Labute approximate surface area is 167 Å². The predicted octanol–water partition coefficient (Wildman–Crippen LogP) is 3.15. The molecule has 0 aromatic heterocycles. The predicted molar refractivity (Wildman–Crippen MR) is 109 cm³/mol. The fraction of sp³-hybridized carbons (Fsp3) is 0.400. The molecule has 3 rings (SSSR count). The molecule has 0 saturated carbocycles. The van der Waals surface area contributed by atoms with Gasteiger partial charge in [-0.15, -0.1) is 0 Å². The first-order chi connectivity index (χ1) is 13.2. The van der Waals surface area contributed by atoms with Crippen LogP contribution in [0.4, 0.5) is 0 Å². The summed E-state index contributed by atoms with van der Waals surface area (Å²) < 4.78 is 55.1. The van der Waals surface area contributed by atoms with Crippen molar-refractivity contribution < 1.29 is 16.8 Å². The van der Waals surface area contributed by atoms with Crippen LogP contribution in [-0.2, 0) is 20.0 Å². The number of benzene rings is 2. The molecule has 2 aromatic rings. The SMILES string of the molecule is CC(C)C(NS(=O)(=O)c1ccc(S(=O)(=O)N2CCCC2)cc1)c1ccccc1. The summed E-state index contributed by atoms with van der Waals surface area (Å²) in [5, 5.41) is 0. The van der Waals surface area contributed by atoms with Crippen LogP contribution in [0.1, 0.15) is 38.3 Å². The molecule has 1 unspecified atom stereocenters. The van der Waals surface area contributed by atoms with E-state index in [1.165, 1.54) is 28.6 Å². The van der Waals surface area contributed by atoms with Crippen LogP contribution in [0, 0.1) is 5.92 Å². The largest absolute Gasteiger partial charge is 0.243 e. The van der Waals surface area contributed by atoms with Crippen molar-refractivity contribution in [3.05, 3.63) is 60.2 Å². The molecule has 2 aromatic carbocycles. The van der Waals surface area contributed by atoms with E-state index in [0.29, 0.717) is 13.1 Å². The minimum atomic E-state index is -3.79. The molecule has 0 aliphatic carbocycles. The van der Waals surface area contributed by atoms with Gasteiger partial charge in [-0.3, -0.25) is 0 Å². The van der Waals surface area contributed by atoms with Crippen LogP contribution in [0.15, 0.2) is 64.4 Å². The molecule has 1 heterocycles. The van der Waals surface area contributed by atoms with Crippen LogP contribution in [0.2, 0.25) is 0 Å². The maximum absolute atomic E-state index is 12.9. The maximum Gasteiger partial charge on any atom is 0.243 e. The monoisotopic (exact) mass is 422 g/mol. The minimum Gasteiger partial charge on any atom is -0.207 e. The molecule has 1 aliphatic rings. The van der Waals surface area contributed by atoms with Gasteiger partial charge in [0.05, 0.1) is 9.79 Å². The first-order valence-corrected chi connectivity index (χ1v) is 12.3. The van der Waals surface area contributed by atoms with Crippen LogP contribution in [0.3, 0.4) is 0 Å². The third kappa shape index (κ3) is 4.46. The molecule has 8 heteroatoms. The molecule has 152 valence electrons.